The number of para-hydroxylation sites is 1. The van der Waals surface area contributed by atoms with Crippen LogP contribution in [0, 0.1) is 0 Å². The molecule has 60 heavy (non-hydrogen) atoms. The van der Waals surface area contributed by atoms with Crippen molar-refractivity contribution < 1.29 is 4.42 Å². The van der Waals surface area contributed by atoms with Gasteiger partial charge in [0.1, 0.15) is 5.58 Å². The van der Waals surface area contributed by atoms with E-state index >= 15 is 0 Å². The van der Waals surface area contributed by atoms with Crippen molar-refractivity contribution in [2.24, 2.45) is 0 Å². The first-order valence-corrected chi connectivity index (χ1v) is 21.6. The lowest BCUT2D eigenvalue weighted by atomic mass is 9.82. The summed E-state index contributed by atoms with van der Waals surface area (Å²) in [6.07, 6.45) is 0. The van der Waals surface area contributed by atoms with Gasteiger partial charge in [0.15, 0.2) is 5.58 Å². The Labute approximate surface area is 351 Å². The minimum atomic E-state index is -0.153. The van der Waals surface area contributed by atoms with Crippen LogP contribution in [0.1, 0.15) is 25.0 Å². The van der Waals surface area contributed by atoms with E-state index in [1.54, 1.807) is 0 Å². The van der Waals surface area contributed by atoms with Gasteiger partial charge in [-0.15, -0.1) is 11.3 Å². The number of anilines is 3. The van der Waals surface area contributed by atoms with Crippen LogP contribution in [0.2, 0.25) is 0 Å². The van der Waals surface area contributed by atoms with Gasteiger partial charge in [-0.1, -0.05) is 159 Å². The van der Waals surface area contributed by atoms with Crippen molar-refractivity contribution in [2.75, 3.05) is 4.90 Å². The molecule has 0 saturated heterocycles. The second-order valence-electron chi connectivity index (χ2n) is 16.8. The van der Waals surface area contributed by atoms with E-state index < -0.39 is 0 Å². The summed E-state index contributed by atoms with van der Waals surface area (Å²) in [5.74, 6) is 0. The standard InChI is InChI=1S/C57H37NOS/c1-57(2)48-25-11-9-21-41(48)42-30-29-36(33-49(42)57)58(51-27-14-24-45-43-22-10-12-28-52(43)60-56(45)51)50-26-13-23-44-47-32-35-16-4-6-18-38(35)53(55(47)59-54(44)50)46-31-34-15-3-5-17-37(34)39-19-7-8-20-40(39)46/h3-33H,1-2H3. The van der Waals surface area contributed by atoms with Crippen LogP contribution in [0.25, 0.3) is 96.7 Å². The average molecular weight is 784 g/mol. The molecule has 0 spiro atoms. The third-order valence-corrected chi connectivity index (χ3v) is 14.4. The van der Waals surface area contributed by atoms with Crippen molar-refractivity contribution in [3.63, 3.8) is 0 Å². The van der Waals surface area contributed by atoms with Gasteiger partial charge >= 0.3 is 0 Å². The number of nitrogens with zero attached hydrogens (tertiary/aromatic N) is 1. The number of benzene rings is 10. The molecule has 0 saturated carbocycles. The lowest BCUT2D eigenvalue weighted by Crippen LogP contribution is -2.16. The Bertz CT molecular complexity index is 3770. The molecule has 2 heterocycles. The van der Waals surface area contributed by atoms with Crippen molar-refractivity contribution in [3.05, 3.63) is 199 Å². The summed E-state index contributed by atoms with van der Waals surface area (Å²) in [6, 6.07) is 69.3. The molecule has 0 radical (unpaired) electrons. The monoisotopic (exact) mass is 783 g/mol. The molecule has 2 aromatic heterocycles. The second kappa shape index (κ2) is 12.4. The summed E-state index contributed by atoms with van der Waals surface area (Å²) < 4.78 is 10.0. The highest BCUT2D eigenvalue weighted by Gasteiger charge is 2.36. The first kappa shape index (κ1) is 33.7. The molecule has 0 amide bonds. The van der Waals surface area contributed by atoms with Crippen LogP contribution >= 0.6 is 11.3 Å². The minimum absolute atomic E-state index is 0.153. The Morgan fingerprint density at radius 1 is 0.417 bits per heavy atom. The van der Waals surface area contributed by atoms with Crippen LogP contribution in [0.15, 0.2) is 192 Å². The van der Waals surface area contributed by atoms with Crippen LogP contribution in [-0.2, 0) is 5.41 Å². The van der Waals surface area contributed by atoms with Gasteiger partial charge in [-0.3, -0.25) is 0 Å². The largest absolute Gasteiger partial charge is 0.453 e. The summed E-state index contributed by atoms with van der Waals surface area (Å²) in [5.41, 5.74) is 12.5. The van der Waals surface area contributed by atoms with Crippen LogP contribution in [0.5, 0.6) is 0 Å². The van der Waals surface area contributed by atoms with E-state index in [0.29, 0.717) is 0 Å². The van der Waals surface area contributed by atoms with Gasteiger partial charge in [-0.05, 0) is 103 Å². The fourth-order valence-electron chi connectivity index (χ4n) is 10.4. The summed E-state index contributed by atoms with van der Waals surface area (Å²) in [6.45, 7) is 4.72. The number of hydrogen-bond donors (Lipinski definition) is 0. The Balaban J connectivity index is 1.13. The fourth-order valence-corrected chi connectivity index (χ4v) is 11.6. The fraction of sp³-hybridized carbons (Fsp3) is 0.0526. The Morgan fingerprint density at radius 3 is 1.90 bits per heavy atom. The molecule has 13 rings (SSSR count). The molecule has 12 aromatic rings. The van der Waals surface area contributed by atoms with E-state index in [1.165, 1.54) is 80.3 Å². The van der Waals surface area contributed by atoms with E-state index in [-0.39, 0.29) is 5.41 Å². The lowest BCUT2D eigenvalue weighted by Gasteiger charge is -2.28. The van der Waals surface area contributed by atoms with Crippen LogP contribution in [-0.4, -0.2) is 0 Å². The van der Waals surface area contributed by atoms with Crippen molar-refractivity contribution in [1.82, 2.24) is 0 Å². The maximum Gasteiger partial charge on any atom is 0.159 e. The van der Waals surface area contributed by atoms with E-state index in [4.69, 9.17) is 4.42 Å². The number of fused-ring (bicyclic) bond motifs is 13. The number of hydrogen-bond acceptors (Lipinski definition) is 3. The number of furan rings is 1. The molecule has 282 valence electrons. The highest BCUT2D eigenvalue weighted by Crippen LogP contribution is 2.54. The molecule has 0 unspecified atom stereocenters. The smallest absolute Gasteiger partial charge is 0.159 e. The summed E-state index contributed by atoms with van der Waals surface area (Å²) >= 11 is 1.86. The topological polar surface area (TPSA) is 16.4 Å². The van der Waals surface area contributed by atoms with Crippen LogP contribution in [0.3, 0.4) is 0 Å². The molecule has 1 aliphatic carbocycles. The van der Waals surface area contributed by atoms with E-state index in [2.05, 4.69) is 207 Å². The molecule has 0 atom stereocenters. The Kier molecular flexibility index (Phi) is 6.98. The van der Waals surface area contributed by atoms with E-state index in [9.17, 15) is 0 Å². The van der Waals surface area contributed by atoms with Gasteiger partial charge in [0.2, 0.25) is 0 Å². The second-order valence-corrected chi connectivity index (χ2v) is 17.8. The molecule has 10 aromatic carbocycles. The van der Waals surface area contributed by atoms with Crippen molar-refractivity contribution in [3.8, 4) is 22.3 Å². The first-order valence-electron chi connectivity index (χ1n) is 20.8. The summed E-state index contributed by atoms with van der Waals surface area (Å²) in [7, 11) is 0. The van der Waals surface area contributed by atoms with E-state index in [0.717, 1.165) is 44.6 Å². The summed E-state index contributed by atoms with van der Waals surface area (Å²) in [4.78, 5) is 2.46. The summed E-state index contributed by atoms with van der Waals surface area (Å²) in [5, 5.41) is 12.1. The molecule has 0 N–H and O–H groups in total. The molecule has 3 heteroatoms. The highest BCUT2D eigenvalue weighted by atomic mass is 32.1. The molecule has 2 nitrogen and oxygen atoms in total. The normalized spacial score (nSPS) is 13.3. The predicted molar refractivity (Wildman–Crippen MR) is 257 cm³/mol. The molecular formula is C57H37NOS. The van der Waals surface area contributed by atoms with Crippen LogP contribution < -0.4 is 4.90 Å². The van der Waals surface area contributed by atoms with Gasteiger partial charge in [-0.25, -0.2) is 0 Å². The number of thiophene rings is 1. The van der Waals surface area contributed by atoms with Gasteiger partial charge in [-0.2, -0.15) is 0 Å². The Morgan fingerprint density at radius 2 is 1.05 bits per heavy atom. The van der Waals surface area contributed by atoms with Gasteiger partial charge in [0, 0.05) is 42.9 Å². The number of rotatable bonds is 4. The first-order chi connectivity index (χ1) is 29.5. The molecule has 0 aliphatic heterocycles. The third kappa shape index (κ3) is 4.64. The van der Waals surface area contributed by atoms with Gasteiger partial charge in [0.05, 0.1) is 16.1 Å². The average Bonchev–Trinajstić information content (AvgIpc) is 3.94. The van der Waals surface area contributed by atoms with Crippen molar-refractivity contribution in [1.29, 1.82) is 0 Å². The zero-order valence-corrected chi connectivity index (χ0v) is 34.0. The Hall–Kier alpha value is -7.20. The highest BCUT2D eigenvalue weighted by molar-refractivity contribution is 7.26. The van der Waals surface area contributed by atoms with E-state index in [1.807, 2.05) is 11.3 Å². The van der Waals surface area contributed by atoms with Crippen LogP contribution in [0.4, 0.5) is 17.1 Å². The third-order valence-electron chi connectivity index (χ3n) is 13.2. The van der Waals surface area contributed by atoms with Crippen molar-refractivity contribution >= 4 is 103 Å². The minimum Gasteiger partial charge on any atom is -0.453 e. The predicted octanol–water partition coefficient (Wildman–Crippen LogP) is 16.9. The lowest BCUT2D eigenvalue weighted by molar-refractivity contribution is 0.660. The van der Waals surface area contributed by atoms with Crippen molar-refractivity contribution in [2.45, 2.75) is 19.3 Å². The molecule has 1 aliphatic rings. The maximum absolute atomic E-state index is 7.48. The maximum atomic E-state index is 7.48. The zero-order valence-electron chi connectivity index (χ0n) is 33.2. The van der Waals surface area contributed by atoms with Gasteiger partial charge < -0.3 is 9.32 Å². The quantitative estimate of drug-likeness (QED) is 0.165. The molecular weight excluding hydrogens is 747 g/mol. The molecule has 0 bridgehead atoms. The zero-order chi connectivity index (χ0) is 39.7. The van der Waals surface area contributed by atoms with Gasteiger partial charge in [0.25, 0.3) is 0 Å². The SMILES string of the molecule is CC1(C)c2ccccc2-c2ccc(N(c3cccc4c3oc3c(-c5cc6ccccc6c6ccccc56)c5ccccc5cc34)c3cccc4c3sc3ccccc34)cc21. The molecule has 0 fully saturated rings.